The topological polar surface area (TPSA) is 54.3 Å². The highest BCUT2D eigenvalue weighted by Gasteiger charge is 2.31. The quantitative estimate of drug-likeness (QED) is 0.941. The van der Waals surface area contributed by atoms with Crippen molar-refractivity contribution in [1.82, 2.24) is 14.8 Å². The van der Waals surface area contributed by atoms with Crippen LogP contribution in [0.3, 0.4) is 0 Å². The lowest BCUT2D eigenvalue weighted by atomic mass is 10.0. The summed E-state index contributed by atoms with van der Waals surface area (Å²) in [5.74, 6) is -0.418. The van der Waals surface area contributed by atoms with Gasteiger partial charge in [0.2, 0.25) is 5.91 Å². The van der Waals surface area contributed by atoms with Gasteiger partial charge >= 0.3 is 0 Å². The highest BCUT2D eigenvalue weighted by Crippen LogP contribution is 2.21. The summed E-state index contributed by atoms with van der Waals surface area (Å²) in [6.07, 6.45) is 0. The number of nitrogens with one attached hydrogen (secondary N) is 1. The number of amides is 2. The summed E-state index contributed by atoms with van der Waals surface area (Å²) in [7, 11) is 5.19. The third kappa shape index (κ3) is 3.44. The first kappa shape index (κ1) is 16.8. The van der Waals surface area contributed by atoms with Crippen molar-refractivity contribution < 1.29 is 9.59 Å². The van der Waals surface area contributed by atoms with Crippen LogP contribution in [0.1, 0.15) is 24.3 Å². The van der Waals surface area contributed by atoms with E-state index < -0.39 is 5.54 Å². The van der Waals surface area contributed by atoms with Crippen molar-refractivity contribution in [1.29, 1.82) is 0 Å². The number of hydrogen-bond acceptors (Lipinski definition) is 2. The molecule has 0 saturated heterocycles. The van der Waals surface area contributed by atoms with Crippen molar-refractivity contribution in [3.05, 3.63) is 48.2 Å². The van der Waals surface area contributed by atoms with E-state index in [9.17, 15) is 9.59 Å². The number of carbonyl (C=O) groups is 2. The fraction of sp³-hybridized carbons (Fsp3) is 0.333. The second-order valence-electron chi connectivity index (χ2n) is 6.31. The van der Waals surface area contributed by atoms with E-state index in [2.05, 4.69) is 5.32 Å². The number of likely N-dealkylation sites (N-methyl/N-ethyl adjacent to an activating group) is 1. The molecule has 1 aromatic carbocycles. The maximum atomic E-state index is 12.6. The van der Waals surface area contributed by atoms with E-state index in [0.717, 1.165) is 11.3 Å². The van der Waals surface area contributed by atoms with Crippen LogP contribution in [-0.4, -0.2) is 40.9 Å². The molecule has 0 aliphatic carbocycles. The third-order valence-corrected chi connectivity index (χ3v) is 3.79. The first-order valence-corrected chi connectivity index (χ1v) is 7.49. The summed E-state index contributed by atoms with van der Waals surface area (Å²) in [4.78, 5) is 26.2. The van der Waals surface area contributed by atoms with E-state index in [-0.39, 0.29) is 11.8 Å². The van der Waals surface area contributed by atoms with Gasteiger partial charge in [0.05, 0.1) is 0 Å². The molecular weight excluding hydrogens is 290 g/mol. The number of benzene rings is 1. The van der Waals surface area contributed by atoms with E-state index in [4.69, 9.17) is 0 Å². The fourth-order valence-corrected chi connectivity index (χ4v) is 2.60. The number of aromatic nitrogens is 1. The normalized spacial score (nSPS) is 11.2. The van der Waals surface area contributed by atoms with Crippen molar-refractivity contribution in [2.45, 2.75) is 19.4 Å². The third-order valence-electron chi connectivity index (χ3n) is 3.79. The van der Waals surface area contributed by atoms with Crippen molar-refractivity contribution in [2.75, 3.05) is 14.1 Å². The SMILES string of the molecule is CN(C)C(=O)C(C)(C)NC(=O)c1ccc(-c2ccccc2)n1C. The first-order chi connectivity index (χ1) is 10.7. The van der Waals surface area contributed by atoms with Gasteiger partial charge in [0, 0.05) is 26.8 Å². The molecule has 2 amide bonds. The van der Waals surface area contributed by atoms with Gasteiger partial charge in [0.25, 0.3) is 5.91 Å². The Morgan fingerprint density at radius 3 is 2.22 bits per heavy atom. The van der Waals surface area contributed by atoms with Crippen LogP contribution >= 0.6 is 0 Å². The number of rotatable bonds is 4. The Kier molecular flexibility index (Phi) is 4.59. The van der Waals surface area contributed by atoms with Gasteiger partial charge in [-0.25, -0.2) is 0 Å². The van der Waals surface area contributed by atoms with Crippen LogP contribution in [0.4, 0.5) is 0 Å². The van der Waals surface area contributed by atoms with Gasteiger partial charge in [-0.2, -0.15) is 0 Å². The molecule has 5 heteroatoms. The predicted octanol–water partition coefficient (Wildman–Crippen LogP) is 2.29. The van der Waals surface area contributed by atoms with Crippen LogP contribution in [0.25, 0.3) is 11.3 Å². The molecule has 0 unspecified atom stereocenters. The smallest absolute Gasteiger partial charge is 0.268 e. The Labute approximate surface area is 136 Å². The Bertz CT molecular complexity index is 715. The highest BCUT2D eigenvalue weighted by molar-refractivity contribution is 5.98. The Hall–Kier alpha value is -2.56. The van der Waals surface area contributed by atoms with Crippen LogP contribution in [0.5, 0.6) is 0 Å². The first-order valence-electron chi connectivity index (χ1n) is 7.49. The zero-order valence-corrected chi connectivity index (χ0v) is 14.3. The molecule has 0 saturated carbocycles. The minimum atomic E-state index is -0.961. The molecule has 0 spiro atoms. The van der Waals surface area contributed by atoms with E-state index in [0.29, 0.717) is 5.69 Å². The molecule has 23 heavy (non-hydrogen) atoms. The summed E-state index contributed by atoms with van der Waals surface area (Å²) >= 11 is 0. The van der Waals surface area contributed by atoms with Crippen molar-refractivity contribution in [3.63, 3.8) is 0 Å². The molecule has 1 heterocycles. The van der Waals surface area contributed by atoms with Crippen molar-refractivity contribution in [3.8, 4) is 11.3 Å². The van der Waals surface area contributed by atoms with Crippen LogP contribution in [0, 0.1) is 0 Å². The molecule has 1 aromatic heterocycles. The fourth-order valence-electron chi connectivity index (χ4n) is 2.60. The van der Waals surface area contributed by atoms with Gasteiger partial charge < -0.3 is 14.8 Å². The van der Waals surface area contributed by atoms with Gasteiger partial charge in [-0.3, -0.25) is 9.59 Å². The summed E-state index contributed by atoms with van der Waals surface area (Å²) in [6, 6.07) is 13.5. The van der Waals surface area contributed by atoms with E-state index in [1.54, 1.807) is 34.0 Å². The van der Waals surface area contributed by atoms with Crippen LogP contribution < -0.4 is 5.32 Å². The molecule has 122 valence electrons. The molecule has 5 nitrogen and oxygen atoms in total. The lowest BCUT2D eigenvalue weighted by Gasteiger charge is -2.28. The summed E-state index contributed by atoms with van der Waals surface area (Å²) in [6.45, 7) is 3.41. The standard InChI is InChI=1S/C18H23N3O2/c1-18(2,17(23)20(3)4)19-16(22)15-12-11-14(21(15)5)13-9-7-6-8-10-13/h6-12H,1-5H3,(H,19,22). The maximum Gasteiger partial charge on any atom is 0.268 e. The minimum absolute atomic E-state index is 0.150. The largest absolute Gasteiger partial charge is 0.347 e. The maximum absolute atomic E-state index is 12.6. The molecule has 0 fully saturated rings. The number of carbonyl (C=O) groups excluding carboxylic acids is 2. The van der Waals surface area contributed by atoms with Crippen LogP contribution in [0.15, 0.2) is 42.5 Å². The van der Waals surface area contributed by atoms with Gasteiger partial charge in [-0.15, -0.1) is 0 Å². The summed E-state index contributed by atoms with van der Waals surface area (Å²) in [5.41, 5.74) is 1.55. The van der Waals surface area contributed by atoms with E-state index in [1.165, 1.54) is 4.90 Å². The molecule has 1 N–H and O–H groups in total. The van der Waals surface area contributed by atoms with Gasteiger partial charge in [0.1, 0.15) is 11.2 Å². The van der Waals surface area contributed by atoms with Crippen molar-refractivity contribution >= 4 is 11.8 Å². The lowest BCUT2D eigenvalue weighted by molar-refractivity contribution is -0.134. The monoisotopic (exact) mass is 313 g/mol. The molecule has 0 atom stereocenters. The van der Waals surface area contributed by atoms with Gasteiger partial charge in [0.15, 0.2) is 0 Å². The average molecular weight is 313 g/mol. The number of hydrogen-bond donors (Lipinski definition) is 1. The molecule has 0 aliphatic rings. The molecule has 0 radical (unpaired) electrons. The van der Waals surface area contributed by atoms with E-state index in [1.807, 2.05) is 48.0 Å². The van der Waals surface area contributed by atoms with Gasteiger partial charge in [-0.05, 0) is 31.5 Å². The van der Waals surface area contributed by atoms with E-state index >= 15 is 0 Å². The molecule has 2 aromatic rings. The average Bonchev–Trinajstić information content (AvgIpc) is 2.88. The molecule has 0 aliphatic heterocycles. The second kappa shape index (κ2) is 6.28. The van der Waals surface area contributed by atoms with Crippen LogP contribution in [-0.2, 0) is 11.8 Å². The summed E-state index contributed by atoms with van der Waals surface area (Å²) < 4.78 is 1.83. The highest BCUT2D eigenvalue weighted by atomic mass is 16.2. The lowest BCUT2D eigenvalue weighted by Crippen LogP contribution is -2.54. The zero-order valence-electron chi connectivity index (χ0n) is 14.3. The second-order valence-corrected chi connectivity index (χ2v) is 6.31. The molecule has 0 bridgehead atoms. The van der Waals surface area contributed by atoms with Crippen LogP contribution in [0.2, 0.25) is 0 Å². The Morgan fingerprint density at radius 1 is 1.04 bits per heavy atom. The van der Waals surface area contributed by atoms with Crippen molar-refractivity contribution in [2.24, 2.45) is 7.05 Å². The predicted molar refractivity (Wildman–Crippen MR) is 91.1 cm³/mol. The Morgan fingerprint density at radius 2 is 1.65 bits per heavy atom. The zero-order chi connectivity index (χ0) is 17.2. The summed E-state index contributed by atoms with van der Waals surface area (Å²) in [5, 5.41) is 2.81. The molecule has 2 rings (SSSR count). The van der Waals surface area contributed by atoms with Gasteiger partial charge in [-0.1, -0.05) is 30.3 Å². The molecular formula is C18H23N3O2. The minimum Gasteiger partial charge on any atom is -0.347 e. The Balaban J connectivity index is 2.25. The number of nitrogens with zero attached hydrogens (tertiary/aromatic N) is 2.